The van der Waals surface area contributed by atoms with E-state index in [1.165, 1.54) is 51.4 Å². The van der Waals surface area contributed by atoms with E-state index >= 15 is 0 Å². The molecule has 0 aromatic carbocycles. The molecule has 0 bridgehead atoms. The van der Waals surface area contributed by atoms with Crippen molar-refractivity contribution in [1.82, 2.24) is 0 Å². The van der Waals surface area contributed by atoms with Crippen molar-refractivity contribution >= 4 is 0 Å². The Balaban J connectivity index is 1.66. The summed E-state index contributed by atoms with van der Waals surface area (Å²) in [6, 6.07) is 0.404. The Labute approximate surface area is 131 Å². The summed E-state index contributed by atoms with van der Waals surface area (Å²) in [6.07, 6.45) is 12.8. The molecule has 3 aliphatic carbocycles. The third kappa shape index (κ3) is 2.91. The molecular formula is C19H35NO. The van der Waals surface area contributed by atoms with E-state index in [1.54, 1.807) is 0 Å². The van der Waals surface area contributed by atoms with Crippen LogP contribution in [0.25, 0.3) is 0 Å². The van der Waals surface area contributed by atoms with E-state index in [4.69, 9.17) is 10.5 Å². The van der Waals surface area contributed by atoms with Gasteiger partial charge in [-0.3, -0.25) is 0 Å². The molecule has 0 aliphatic heterocycles. The molecule has 5 unspecified atom stereocenters. The van der Waals surface area contributed by atoms with Crippen LogP contribution in [0.15, 0.2) is 0 Å². The summed E-state index contributed by atoms with van der Waals surface area (Å²) in [5.74, 6) is 2.35. The number of ether oxygens (including phenoxy) is 1. The summed E-state index contributed by atoms with van der Waals surface area (Å²) < 4.78 is 6.76. The second kappa shape index (κ2) is 6.20. The van der Waals surface area contributed by atoms with Crippen LogP contribution < -0.4 is 5.73 Å². The van der Waals surface area contributed by atoms with Gasteiger partial charge in [-0.15, -0.1) is 0 Å². The Morgan fingerprint density at radius 2 is 1.76 bits per heavy atom. The summed E-state index contributed by atoms with van der Waals surface area (Å²) in [5.41, 5.74) is 6.77. The predicted molar refractivity (Wildman–Crippen MR) is 88.1 cm³/mol. The summed E-state index contributed by atoms with van der Waals surface area (Å²) in [6.45, 7) is 7.15. The highest BCUT2D eigenvalue weighted by Gasteiger charge is 2.55. The molecule has 2 N–H and O–H groups in total. The molecule has 3 aliphatic rings. The number of hydrogen-bond donors (Lipinski definition) is 1. The average Bonchev–Trinajstić information content (AvgIpc) is 2.47. The summed E-state index contributed by atoms with van der Waals surface area (Å²) in [4.78, 5) is 0. The second-order valence-corrected chi connectivity index (χ2v) is 8.63. The van der Waals surface area contributed by atoms with Crippen LogP contribution in [-0.2, 0) is 4.74 Å². The van der Waals surface area contributed by atoms with Gasteiger partial charge in [0.25, 0.3) is 0 Å². The van der Waals surface area contributed by atoms with E-state index in [0.29, 0.717) is 23.7 Å². The van der Waals surface area contributed by atoms with Gasteiger partial charge in [-0.05, 0) is 49.9 Å². The van der Waals surface area contributed by atoms with Gasteiger partial charge in [-0.25, -0.2) is 0 Å². The lowest BCUT2D eigenvalue weighted by atomic mass is 9.55. The van der Waals surface area contributed by atoms with Crippen molar-refractivity contribution in [3.05, 3.63) is 0 Å². The first-order valence-electron chi connectivity index (χ1n) is 9.44. The quantitative estimate of drug-likeness (QED) is 0.830. The molecule has 21 heavy (non-hydrogen) atoms. The maximum Gasteiger partial charge on any atom is 0.0665 e. The Morgan fingerprint density at radius 1 is 1.05 bits per heavy atom. The lowest BCUT2D eigenvalue weighted by molar-refractivity contribution is -0.192. The lowest BCUT2D eigenvalue weighted by Crippen LogP contribution is -2.64. The van der Waals surface area contributed by atoms with E-state index < -0.39 is 0 Å². The van der Waals surface area contributed by atoms with Gasteiger partial charge in [-0.1, -0.05) is 46.5 Å². The SMILES string of the molecule is CC1CCC(C(C)C)C(OC2CC(N)C23CCCCC3)C1. The first-order chi connectivity index (χ1) is 10.0. The van der Waals surface area contributed by atoms with Crippen LogP contribution in [0.4, 0.5) is 0 Å². The molecule has 2 heteroatoms. The highest BCUT2D eigenvalue weighted by Crippen LogP contribution is 2.53. The van der Waals surface area contributed by atoms with Crippen molar-refractivity contribution in [3.8, 4) is 0 Å². The van der Waals surface area contributed by atoms with Crippen LogP contribution >= 0.6 is 0 Å². The Morgan fingerprint density at radius 3 is 2.38 bits per heavy atom. The molecule has 3 fully saturated rings. The lowest BCUT2D eigenvalue weighted by Gasteiger charge is -2.58. The molecule has 0 radical (unpaired) electrons. The second-order valence-electron chi connectivity index (χ2n) is 8.63. The third-order valence-corrected chi connectivity index (χ3v) is 6.93. The third-order valence-electron chi connectivity index (χ3n) is 6.93. The minimum atomic E-state index is 0.348. The van der Waals surface area contributed by atoms with E-state index in [2.05, 4.69) is 20.8 Å². The maximum absolute atomic E-state index is 6.76. The zero-order valence-electron chi connectivity index (χ0n) is 14.3. The molecule has 3 saturated carbocycles. The fourth-order valence-electron chi connectivity index (χ4n) is 5.35. The minimum Gasteiger partial charge on any atom is -0.374 e. The van der Waals surface area contributed by atoms with E-state index in [1.807, 2.05) is 0 Å². The monoisotopic (exact) mass is 293 g/mol. The van der Waals surface area contributed by atoms with Crippen LogP contribution in [0, 0.1) is 23.2 Å². The molecule has 0 aromatic rings. The normalized spacial score (nSPS) is 43.0. The molecule has 1 spiro atoms. The van der Waals surface area contributed by atoms with Crippen molar-refractivity contribution < 1.29 is 4.74 Å². The average molecular weight is 293 g/mol. The van der Waals surface area contributed by atoms with Crippen LogP contribution in [0.5, 0.6) is 0 Å². The minimum absolute atomic E-state index is 0.348. The van der Waals surface area contributed by atoms with Crippen LogP contribution in [-0.4, -0.2) is 18.2 Å². The topological polar surface area (TPSA) is 35.2 Å². The van der Waals surface area contributed by atoms with Gasteiger partial charge in [-0.2, -0.15) is 0 Å². The van der Waals surface area contributed by atoms with Gasteiger partial charge in [0.05, 0.1) is 12.2 Å². The molecule has 2 nitrogen and oxygen atoms in total. The highest BCUT2D eigenvalue weighted by atomic mass is 16.5. The van der Waals surface area contributed by atoms with Crippen LogP contribution in [0.3, 0.4) is 0 Å². The van der Waals surface area contributed by atoms with Crippen LogP contribution in [0.1, 0.15) is 78.6 Å². The van der Waals surface area contributed by atoms with Gasteiger partial charge in [0.1, 0.15) is 0 Å². The van der Waals surface area contributed by atoms with Crippen molar-refractivity contribution in [2.45, 2.75) is 96.8 Å². The van der Waals surface area contributed by atoms with Crippen molar-refractivity contribution in [1.29, 1.82) is 0 Å². The molecule has 0 aromatic heterocycles. The predicted octanol–water partition coefficient (Wildman–Crippen LogP) is 4.51. The highest BCUT2D eigenvalue weighted by molar-refractivity contribution is 5.08. The Hall–Kier alpha value is -0.0800. The molecule has 0 heterocycles. The summed E-state index contributed by atoms with van der Waals surface area (Å²) in [5, 5.41) is 0. The van der Waals surface area contributed by atoms with Gasteiger partial charge in [0, 0.05) is 11.5 Å². The van der Waals surface area contributed by atoms with Crippen molar-refractivity contribution in [2.24, 2.45) is 28.9 Å². The first-order valence-corrected chi connectivity index (χ1v) is 9.44. The molecule has 0 saturated heterocycles. The number of rotatable bonds is 3. The first kappa shape index (κ1) is 15.8. The maximum atomic E-state index is 6.76. The Bertz CT molecular complexity index is 347. The summed E-state index contributed by atoms with van der Waals surface area (Å²) in [7, 11) is 0. The molecule has 3 rings (SSSR count). The molecule has 5 atom stereocenters. The fraction of sp³-hybridized carbons (Fsp3) is 1.00. The van der Waals surface area contributed by atoms with Gasteiger partial charge in [0.2, 0.25) is 0 Å². The summed E-state index contributed by atoms with van der Waals surface area (Å²) >= 11 is 0. The molecule has 122 valence electrons. The van der Waals surface area contributed by atoms with E-state index in [-0.39, 0.29) is 0 Å². The Kier molecular flexibility index (Phi) is 4.66. The molecular weight excluding hydrogens is 258 g/mol. The largest absolute Gasteiger partial charge is 0.374 e. The van der Waals surface area contributed by atoms with Crippen molar-refractivity contribution in [3.63, 3.8) is 0 Å². The van der Waals surface area contributed by atoms with Gasteiger partial charge in [0.15, 0.2) is 0 Å². The standard InChI is InChI=1S/C19H35NO/c1-13(2)15-8-7-14(3)11-16(15)21-18-12-17(20)19(18)9-5-4-6-10-19/h13-18H,4-12,20H2,1-3H3. The number of nitrogens with two attached hydrogens (primary N) is 1. The van der Waals surface area contributed by atoms with E-state index in [0.717, 1.165) is 24.2 Å². The molecule has 0 amide bonds. The van der Waals surface area contributed by atoms with Gasteiger partial charge < -0.3 is 10.5 Å². The zero-order valence-corrected chi connectivity index (χ0v) is 14.3. The number of hydrogen-bond acceptors (Lipinski definition) is 2. The van der Waals surface area contributed by atoms with Gasteiger partial charge >= 0.3 is 0 Å². The van der Waals surface area contributed by atoms with E-state index in [9.17, 15) is 0 Å². The van der Waals surface area contributed by atoms with Crippen molar-refractivity contribution in [2.75, 3.05) is 0 Å². The fourth-order valence-corrected chi connectivity index (χ4v) is 5.35. The zero-order chi connectivity index (χ0) is 15.0. The smallest absolute Gasteiger partial charge is 0.0665 e. The van der Waals surface area contributed by atoms with Crippen LogP contribution in [0.2, 0.25) is 0 Å².